The molecule has 1 unspecified atom stereocenters. The van der Waals surface area contributed by atoms with Crippen molar-refractivity contribution in [3.8, 4) is 5.75 Å². The number of methoxy groups -OCH3 is 1. The van der Waals surface area contributed by atoms with Crippen molar-refractivity contribution in [2.75, 3.05) is 51.4 Å². The number of hydrogen-bond donors (Lipinski definition) is 3. The van der Waals surface area contributed by atoms with Crippen LogP contribution in [0.4, 0.5) is 5.69 Å². The Morgan fingerprint density at radius 3 is 2.86 bits per heavy atom. The molecule has 1 aromatic carbocycles. The molecule has 2 aliphatic heterocycles. The Morgan fingerprint density at radius 1 is 1.41 bits per heavy atom. The van der Waals surface area contributed by atoms with Gasteiger partial charge in [-0.1, -0.05) is 11.6 Å². The predicted molar refractivity (Wildman–Crippen MR) is 128 cm³/mol. The number of rotatable bonds is 6. The number of aliphatic hydroxyl groups is 1. The van der Waals surface area contributed by atoms with Crippen LogP contribution < -0.4 is 20.3 Å². The van der Waals surface area contributed by atoms with Gasteiger partial charge in [-0.3, -0.25) is 4.99 Å². The maximum Gasteiger partial charge on any atom is 0.191 e. The van der Waals surface area contributed by atoms with E-state index < -0.39 is 5.60 Å². The summed E-state index contributed by atoms with van der Waals surface area (Å²) in [5, 5.41) is 18.1. The molecule has 9 heteroatoms. The van der Waals surface area contributed by atoms with Gasteiger partial charge < -0.3 is 30.1 Å². The second kappa shape index (κ2) is 11.4. The highest BCUT2D eigenvalue weighted by atomic mass is 127. The second-order valence-electron chi connectivity index (χ2n) is 7.42. The van der Waals surface area contributed by atoms with Gasteiger partial charge in [0.15, 0.2) is 5.96 Å². The van der Waals surface area contributed by atoms with Gasteiger partial charge in [0.1, 0.15) is 5.75 Å². The van der Waals surface area contributed by atoms with Crippen LogP contribution in [0.15, 0.2) is 23.2 Å². The number of guanidine groups is 1. The number of halogens is 2. The second-order valence-corrected chi connectivity index (χ2v) is 7.86. The standard InChI is InChI=1S/C20H31ClN4O3.HI/c1-3-22-19(23-14-20(26)7-10-28-11-8-20)24-16-6-9-25(13-16)17-12-15(21)4-5-18(17)27-2;/h4-5,12,16,26H,3,6-11,13-14H2,1-2H3,(H2,22,23,24);1H. The molecule has 164 valence electrons. The number of ether oxygens (including phenoxy) is 2. The maximum atomic E-state index is 10.6. The summed E-state index contributed by atoms with van der Waals surface area (Å²) < 4.78 is 10.8. The van der Waals surface area contributed by atoms with Crippen molar-refractivity contribution < 1.29 is 14.6 Å². The summed E-state index contributed by atoms with van der Waals surface area (Å²) in [7, 11) is 1.68. The third-order valence-electron chi connectivity index (χ3n) is 5.31. The molecule has 0 aliphatic carbocycles. The molecule has 0 radical (unpaired) electrons. The molecule has 7 nitrogen and oxygen atoms in total. The van der Waals surface area contributed by atoms with Gasteiger partial charge >= 0.3 is 0 Å². The topological polar surface area (TPSA) is 78.4 Å². The third kappa shape index (κ3) is 6.77. The zero-order valence-corrected chi connectivity index (χ0v) is 20.2. The van der Waals surface area contributed by atoms with E-state index in [2.05, 4.69) is 20.5 Å². The smallest absolute Gasteiger partial charge is 0.191 e. The highest BCUT2D eigenvalue weighted by Crippen LogP contribution is 2.33. The highest BCUT2D eigenvalue weighted by molar-refractivity contribution is 14.0. The molecule has 0 amide bonds. The Bertz CT molecular complexity index is 686. The van der Waals surface area contributed by atoms with E-state index in [1.54, 1.807) is 7.11 Å². The van der Waals surface area contributed by atoms with E-state index in [-0.39, 0.29) is 30.0 Å². The highest BCUT2D eigenvalue weighted by Gasteiger charge is 2.30. The fourth-order valence-electron chi connectivity index (χ4n) is 3.66. The van der Waals surface area contributed by atoms with E-state index in [1.165, 1.54) is 0 Å². The van der Waals surface area contributed by atoms with Crippen molar-refractivity contribution in [3.63, 3.8) is 0 Å². The molecule has 2 heterocycles. The van der Waals surface area contributed by atoms with Crippen LogP contribution in [-0.2, 0) is 4.74 Å². The molecule has 1 aromatic rings. The summed E-state index contributed by atoms with van der Waals surface area (Å²) in [6.07, 6.45) is 2.24. The number of nitrogens with zero attached hydrogens (tertiary/aromatic N) is 2. The molecule has 2 aliphatic rings. The Hall–Kier alpha value is -0.970. The first kappa shape index (κ1) is 24.3. The Labute approximate surface area is 195 Å². The average Bonchev–Trinajstić information content (AvgIpc) is 3.15. The molecule has 2 fully saturated rings. The lowest BCUT2D eigenvalue weighted by Crippen LogP contribution is -2.46. The largest absolute Gasteiger partial charge is 0.495 e. The van der Waals surface area contributed by atoms with Crippen LogP contribution in [0.3, 0.4) is 0 Å². The van der Waals surface area contributed by atoms with E-state index in [0.717, 1.165) is 43.5 Å². The minimum atomic E-state index is -0.767. The first-order valence-electron chi connectivity index (χ1n) is 9.96. The fourth-order valence-corrected chi connectivity index (χ4v) is 3.82. The maximum absolute atomic E-state index is 10.6. The van der Waals surface area contributed by atoms with Crippen molar-refractivity contribution in [2.45, 2.75) is 37.8 Å². The van der Waals surface area contributed by atoms with Crippen molar-refractivity contribution in [2.24, 2.45) is 4.99 Å². The minimum Gasteiger partial charge on any atom is -0.495 e. The van der Waals surface area contributed by atoms with E-state index in [1.807, 2.05) is 25.1 Å². The molecule has 3 N–H and O–H groups in total. The fraction of sp³-hybridized carbons (Fsp3) is 0.650. The first-order valence-corrected chi connectivity index (χ1v) is 10.3. The SMILES string of the molecule is CCNC(=NCC1(O)CCOCC1)NC1CCN(c2cc(Cl)ccc2OC)C1.I. The van der Waals surface area contributed by atoms with Gasteiger partial charge in [-0.25, -0.2) is 0 Å². The summed E-state index contributed by atoms with van der Waals surface area (Å²) >= 11 is 6.18. The molecular weight excluding hydrogens is 507 g/mol. The zero-order chi connectivity index (χ0) is 20.0. The molecule has 1 atom stereocenters. The van der Waals surface area contributed by atoms with Crippen molar-refractivity contribution >= 4 is 47.2 Å². The number of benzene rings is 1. The van der Waals surface area contributed by atoms with Crippen LogP contribution >= 0.6 is 35.6 Å². The summed E-state index contributed by atoms with van der Waals surface area (Å²) in [6, 6.07) is 5.94. The Balaban J connectivity index is 0.00000300. The van der Waals surface area contributed by atoms with Crippen LogP contribution in [-0.4, -0.2) is 69.2 Å². The minimum absolute atomic E-state index is 0. The lowest BCUT2D eigenvalue weighted by molar-refractivity contribution is -0.0566. The lowest BCUT2D eigenvalue weighted by atomic mass is 9.95. The molecule has 2 saturated heterocycles. The van der Waals surface area contributed by atoms with Crippen LogP contribution in [0.1, 0.15) is 26.2 Å². The van der Waals surface area contributed by atoms with Crippen molar-refractivity contribution in [3.05, 3.63) is 23.2 Å². The van der Waals surface area contributed by atoms with Gasteiger partial charge in [0, 0.05) is 56.8 Å². The quantitative estimate of drug-likeness (QED) is 0.294. The summed E-state index contributed by atoms with van der Waals surface area (Å²) in [5.41, 5.74) is 0.244. The molecule has 29 heavy (non-hydrogen) atoms. The molecule has 0 aromatic heterocycles. The van der Waals surface area contributed by atoms with Gasteiger partial charge in [0.05, 0.1) is 24.9 Å². The lowest BCUT2D eigenvalue weighted by Gasteiger charge is -2.30. The summed E-state index contributed by atoms with van der Waals surface area (Å²) in [6.45, 7) is 6.12. The Morgan fingerprint density at radius 2 is 2.17 bits per heavy atom. The van der Waals surface area contributed by atoms with E-state index in [9.17, 15) is 5.11 Å². The number of anilines is 1. The molecular formula is C20H32ClIN4O3. The average molecular weight is 539 g/mol. The van der Waals surface area contributed by atoms with Crippen molar-refractivity contribution in [1.82, 2.24) is 10.6 Å². The van der Waals surface area contributed by atoms with Crippen LogP contribution in [0.5, 0.6) is 5.75 Å². The number of aliphatic imine (C=N–C) groups is 1. The van der Waals surface area contributed by atoms with Crippen LogP contribution in [0.25, 0.3) is 0 Å². The molecule has 0 saturated carbocycles. The third-order valence-corrected chi connectivity index (χ3v) is 5.55. The molecule has 0 spiro atoms. The molecule has 0 bridgehead atoms. The van der Waals surface area contributed by atoms with Gasteiger partial charge in [0.2, 0.25) is 0 Å². The number of nitrogens with one attached hydrogen (secondary N) is 2. The monoisotopic (exact) mass is 538 g/mol. The van der Waals surface area contributed by atoms with Crippen LogP contribution in [0, 0.1) is 0 Å². The van der Waals surface area contributed by atoms with Gasteiger partial charge in [-0.2, -0.15) is 0 Å². The predicted octanol–water partition coefficient (Wildman–Crippen LogP) is 2.64. The van der Waals surface area contributed by atoms with Gasteiger partial charge in [-0.05, 0) is 31.5 Å². The van der Waals surface area contributed by atoms with E-state index >= 15 is 0 Å². The van der Waals surface area contributed by atoms with Gasteiger partial charge in [0.25, 0.3) is 0 Å². The number of hydrogen-bond acceptors (Lipinski definition) is 5. The first-order chi connectivity index (χ1) is 13.5. The van der Waals surface area contributed by atoms with Crippen molar-refractivity contribution in [1.29, 1.82) is 0 Å². The van der Waals surface area contributed by atoms with Gasteiger partial charge in [-0.15, -0.1) is 24.0 Å². The van der Waals surface area contributed by atoms with E-state index in [4.69, 9.17) is 21.1 Å². The summed E-state index contributed by atoms with van der Waals surface area (Å²) in [5.74, 6) is 1.57. The zero-order valence-electron chi connectivity index (χ0n) is 17.1. The Kier molecular flexibility index (Phi) is 9.58. The normalized spacial score (nSPS) is 21.4. The van der Waals surface area contributed by atoms with Crippen LogP contribution in [0.2, 0.25) is 5.02 Å². The molecule has 3 rings (SSSR count). The van der Waals surface area contributed by atoms with E-state index in [0.29, 0.717) is 37.6 Å². The summed E-state index contributed by atoms with van der Waals surface area (Å²) in [4.78, 5) is 6.92.